The number of nitrogens with zero attached hydrogens (tertiary/aromatic N) is 1. The second-order valence-corrected chi connectivity index (χ2v) is 5.94. The SMILES string of the molecule is CC1(C)CC1Cn1c(=O)[nH]c2cccc(C(=O)O)c21. The van der Waals surface area contributed by atoms with E-state index in [1.807, 2.05) is 0 Å². The van der Waals surface area contributed by atoms with Crippen LogP contribution in [0.2, 0.25) is 0 Å². The van der Waals surface area contributed by atoms with E-state index in [0.29, 0.717) is 23.5 Å². The predicted octanol–water partition coefficient (Wildman–Crippen LogP) is 2.07. The number of benzene rings is 1. The lowest BCUT2D eigenvalue weighted by molar-refractivity contribution is 0.0698. The summed E-state index contributed by atoms with van der Waals surface area (Å²) in [7, 11) is 0. The fraction of sp³-hybridized carbons (Fsp3) is 0.429. The monoisotopic (exact) mass is 260 g/mol. The third kappa shape index (κ3) is 1.85. The highest BCUT2D eigenvalue weighted by Gasteiger charge is 2.45. The first-order valence-electron chi connectivity index (χ1n) is 6.35. The molecule has 1 heterocycles. The Hall–Kier alpha value is -2.04. The Balaban J connectivity index is 2.15. The number of para-hydroxylation sites is 1. The maximum absolute atomic E-state index is 12.0. The molecular weight excluding hydrogens is 244 g/mol. The van der Waals surface area contributed by atoms with Gasteiger partial charge in [-0.2, -0.15) is 0 Å². The number of fused-ring (bicyclic) bond motifs is 1. The molecule has 2 N–H and O–H groups in total. The highest BCUT2D eigenvalue weighted by Crippen LogP contribution is 2.52. The summed E-state index contributed by atoms with van der Waals surface area (Å²) in [6, 6.07) is 4.91. The largest absolute Gasteiger partial charge is 0.478 e. The van der Waals surface area contributed by atoms with Crippen LogP contribution in [0.15, 0.2) is 23.0 Å². The number of H-pyrrole nitrogens is 1. The lowest BCUT2D eigenvalue weighted by atomic mass is 10.1. The molecule has 2 aromatic rings. The second-order valence-electron chi connectivity index (χ2n) is 5.94. The summed E-state index contributed by atoms with van der Waals surface area (Å²) in [5, 5.41) is 9.24. The molecule has 1 aromatic carbocycles. The van der Waals surface area contributed by atoms with Crippen molar-refractivity contribution in [2.45, 2.75) is 26.8 Å². The van der Waals surface area contributed by atoms with Crippen LogP contribution in [0.5, 0.6) is 0 Å². The van der Waals surface area contributed by atoms with Crippen LogP contribution >= 0.6 is 0 Å². The Kier molecular flexibility index (Phi) is 2.36. The van der Waals surface area contributed by atoms with Gasteiger partial charge in [0, 0.05) is 6.54 Å². The number of carboxylic acid groups (broad SMARTS) is 1. The first-order chi connectivity index (χ1) is 8.90. The predicted molar refractivity (Wildman–Crippen MR) is 71.4 cm³/mol. The van der Waals surface area contributed by atoms with E-state index in [-0.39, 0.29) is 16.7 Å². The van der Waals surface area contributed by atoms with Crippen molar-refractivity contribution in [2.75, 3.05) is 0 Å². The molecule has 1 atom stereocenters. The molecule has 1 aromatic heterocycles. The van der Waals surface area contributed by atoms with Crippen LogP contribution in [0.3, 0.4) is 0 Å². The number of imidazole rings is 1. The lowest BCUT2D eigenvalue weighted by Gasteiger charge is -2.07. The summed E-state index contributed by atoms with van der Waals surface area (Å²) in [5.74, 6) is -0.570. The molecule has 5 nitrogen and oxygen atoms in total. The molecule has 3 rings (SSSR count). The van der Waals surface area contributed by atoms with Gasteiger partial charge in [-0.05, 0) is 29.9 Å². The van der Waals surface area contributed by atoms with E-state index in [0.717, 1.165) is 6.42 Å². The Morgan fingerprint density at radius 3 is 2.79 bits per heavy atom. The average Bonchev–Trinajstić information content (AvgIpc) is 2.79. The van der Waals surface area contributed by atoms with Crippen molar-refractivity contribution in [2.24, 2.45) is 11.3 Å². The number of aromatic nitrogens is 2. The van der Waals surface area contributed by atoms with Crippen LogP contribution in [0.4, 0.5) is 0 Å². The van der Waals surface area contributed by atoms with Gasteiger partial charge >= 0.3 is 11.7 Å². The van der Waals surface area contributed by atoms with Crippen molar-refractivity contribution in [3.8, 4) is 0 Å². The van der Waals surface area contributed by atoms with Crippen LogP contribution in [0.25, 0.3) is 11.0 Å². The van der Waals surface area contributed by atoms with Gasteiger partial charge in [0.2, 0.25) is 0 Å². The van der Waals surface area contributed by atoms with E-state index >= 15 is 0 Å². The highest BCUT2D eigenvalue weighted by molar-refractivity contribution is 6.01. The molecule has 1 saturated carbocycles. The quantitative estimate of drug-likeness (QED) is 0.887. The minimum absolute atomic E-state index is 0.175. The standard InChI is InChI=1S/C14H16N2O3/c1-14(2)6-8(14)7-16-11-9(12(17)18)4-3-5-10(11)15-13(16)19/h3-5,8H,6-7H2,1-2H3,(H,15,19)(H,17,18). The molecule has 100 valence electrons. The van der Waals surface area contributed by atoms with Crippen LogP contribution in [-0.4, -0.2) is 20.6 Å². The van der Waals surface area contributed by atoms with Crippen molar-refractivity contribution in [1.29, 1.82) is 0 Å². The molecule has 0 aliphatic heterocycles. The highest BCUT2D eigenvalue weighted by atomic mass is 16.4. The zero-order valence-electron chi connectivity index (χ0n) is 10.9. The normalized spacial score (nSPS) is 20.6. The number of hydrogen-bond acceptors (Lipinski definition) is 2. The number of aromatic amines is 1. The van der Waals surface area contributed by atoms with Gasteiger partial charge in [-0.1, -0.05) is 19.9 Å². The third-order valence-corrected chi connectivity index (χ3v) is 4.14. The summed E-state index contributed by atoms with van der Waals surface area (Å²) >= 11 is 0. The summed E-state index contributed by atoms with van der Waals surface area (Å²) in [6.45, 7) is 4.90. The Morgan fingerprint density at radius 2 is 2.21 bits per heavy atom. The summed E-state index contributed by atoms with van der Waals surface area (Å²) in [5.41, 5.74) is 1.29. The smallest absolute Gasteiger partial charge is 0.337 e. The number of carbonyl (C=O) groups is 1. The maximum Gasteiger partial charge on any atom is 0.337 e. The van der Waals surface area contributed by atoms with E-state index in [4.69, 9.17) is 0 Å². The van der Waals surface area contributed by atoms with Crippen LogP contribution in [0, 0.1) is 11.3 Å². The molecule has 1 unspecified atom stereocenters. The first kappa shape index (κ1) is 12.0. The molecule has 5 heteroatoms. The fourth-order valence-electron chi connectivity index (χ4n) is 2.67. The number of aromatic carboxylic acids is 1. The Bertz CT molecular complexity index is 724. The molecule has 0 amide bonds. The molecule has 0 bridgehead atoms. The van der Waals surface area contributed by atoms with E-state index < -0.39 is 5.97 Å². The van der Waals surface area contributed by atoms with Crippen molar-refractivity contribution >= 4 is 17.0 Å². The Labute approximate surface area is 109 Å². The summed E-state index contributed by atoms with van der Waals surface area (Å²) in [4.78, 5) is 26.0. The van der Waals surface area contributed by atoms with Crippen LogP contribution in [0.1, 0.15) is 30.6 Å². The molecule has 0 spiro atoms. The van der Waals surface area contributed by atoms with Crippen molar-refractivity contribution in [3.63, 3.8) is 0 Å². The summed E-state index contributed by atoms with van der Waals surface area (Å²) < 4.78 is 1.57. The van der Waals surface area contributed by atoms with Crippen LogP contribution in [-0.2, 0) is 6.54 Å². The third-order valence-electron chi connectivity index (χ3n) is 4.14. The van der Waals surface area contributed by atoms with Gasteiger partial charge in [0.15, 0.2) is 0 Å². The van der Waals surface area contributed by atoms with Gasteiger partial charge in [0.25, 0.3) is 0 Å². The molecule has 1 aliphatic rings. The summed E-state index contributed by atoms with van der Waals surface area (Å²) in [6.07, 6.45) is 1.07. The molecule has 0 radical (unpaired) electrons. The lowest BCUT2D eigenvalue weighted by Crippen LogP contribution is -2.19. The minimum Gasteiger partial charge on any atom is -0.478 e. The molecule has 0 saturated heterocycles. The molecular formula is C14H16N2O3. The van der Waals surface area contributed by atoms with Gasteiger partial charge in [-0.15, -0.1) is 0 Å². The van der Waals surface area contributed by atoms with Gasteiger partial charge in [-0.3, -0.25) is 4.57 Å². The zero-order valence-corrected chi connectivity index (χ0v) is 10.9. The van der Waals surface area contributed by atoms with Crippen LogP contribution < -0.4 is 5.69 Å². The van der Waals surface area contributed by atoms with Gasteiger partial charge in [-0.25, -0.2) is 9.59 Å². The zero-order chi connectivity index (χ0) is 13.8. The molecule has 1 fully saturated rings. The van der Waals surface area contributed by atoms with Crippen molar-refractivity contribution in [3.05, 3.63) is 34.2 Å². The van der Waals surface area contributed by atoms with Gasteiger partial charge in [0.05, 0.1) is 16.6 Å². The number of rotatable bonds is 3. The maximum atomic E-state index is 12.0. The number of hydrogen-bond donors (Lipinski definition) is 2. The Morgan fingerprint density at radius 1 is 1.53 bits per heavy atom. The number of nitrogens with one attached hydrogen (secondary N) is 1. The minimum atomic E-state index is -1.01. The van der Waals surface area contributed by atoms with E-state index in [2.05, 4.69) is 18.8 Å². The average molecular weight is 260 g/mol. The second kappa shape index (κ2) is 3.73. The van der Waals surface area contributed by atoms with Gasteiger partial charge in [0.1, 0.15) is 0 Å². The van der Waals surface area contributed by atoms with Crippen molar-refractivity contribution < 1.29 is 9.90 Å². The molecule has 19 heavy (non-hydrogen) atoms. The first-order valence-corrected chi connectivity index (χ1v) is 6.35. The number of carboxylic acids is 1. The topological polar surface area (TPSA) is 75.1 Å². The van der Waals surface area contributed by atoms with E-state index in [1.165, 1.54) is 6.07 Å². The van der Waals surface area contributed by atoms with Gasteiger partial charge < -0.3 is 10.1 Å². The fourth-order valence-corrected chi connectivity index (χ4v) is 2.67. The van der Waals surface area contributed by atoms with E-state index in [9.17, 15) is 14.7 Å². The van der Waals surface area contributed by atoms with E-state index in [1.54, 1.807) is 16.7 Å². The molecule has 1 aliphatic carbocycles. The van der Waals surface area contributed by atoms with Crippen molar-refractivity contribution in [1.82, 2.24) is 9.55 Å².